The summed E-state index contributed by atoms with van der Waals surface area (Å²) in [5.74, 6) is 0.717. The highest BCUT2D eigenvalue weighted by Crippen LogP contribution is 2.40. The molecule has 0 N–H and O–H groups in total. The lowest BCUT2D eigenvalue weighted by molar-refractivity contribution is 0.104. The summed E-state index contributed by atoms with van der Waals surface area (Å²) in [4.78, 5) is 29.3. The highest BCUT2D eigenvalue weighted by Gasteiger charge is 2.32. The van der Waals surface area contributed by atoms with Crippen LogP contribution in [-0.2, 0) is 0 Å². The van der Waals surface area contributed by atoms with E-state index in [1.165, 1.54) is 0 Å². The number of rotatable bonds is 7. The van der Waals surface area contributed by atoms with Crippen molar-refractivity contribution in [3.8, 4) is 22.7 Å². The molecule has 5 heteroatoms. The van der Waals surface area contributed by atoms with E-state index in [0.29, 0.717) is 39.9 Å². The smallest absolute Gasteiger partial charge is 0.263 e. The van der Waals surface area contributed by atoms with Crippen molar-refractivity contribution in [2.75, 3.05) is 26.2 Å². The number of fused-ring (bicyclic) bond motifs is 5. The zero-order valence-corrected chi connectivity index (χ0v) is 18.9. The Balaban J connectivity index is 1.60. The molecule has 0 unspecified atom stereocenters. The van der Waals surface area contributed by atoms with Gasteiger partial charge in [-0.2, -0.15) is 0 Å². The minimum atomic E-state index is -0.135. The molecule has 0 aliphatic heterocycles. The summed E-state index contributed by atoms with van der Waals surface area (Å²) >= 11 is 0. The first kappa shape index (κ1) is 21.2. The first-order chi connectivity index (χ1) is 16.1. The van der Waals surface area contributed by atoms with Gasteiger partial charge >= 0.3 is 0 Å². The maximum atomic E-state index is 13.6. The third kappa shape index (κ3) is 3.55. The van der Waals surface area contributed by atoms with Crippen LogP contribution in [0.1, 0.15) is 29.8 Å². The van der Waals surface area contributed by atoms with Gasteiger partial charge in [0.05, 0.1) is 11.3 Å². The van der Waals surface area contributed by atoms with Gasteiger partial charge in [0.2, 0.25) is 0 Å². The Morgan fingerprint density at radius 2 is 1.42 bits per heavy atom. The first-order valence-electron chi connectivity index (χ1n) is 11.4. The first-order valence-corrected chi connectivity index (χ1v) is 11.4. The van der Waals surface area contributed by atoms with Gasteiger partial charge in [-0.3, -0.25) is 14.2 Å². The summed E-state index contributed by atoms with van der Waals surface area (Å²) in [7, 11) is 0. The van der Waals surface area contributed by atoms with Crippen molar-refractivity contribution in [3.63, 3.8) is 0 Å². The maximum absolute atomic E-state index is 13.6. The van der Waals surface area contributed by atoms with E-state index in [2.05, 4.69) is 18.7 Å². The van der Waals surface area contributed by atoms with Crippen LogP contribution >= 0.6 is 0 Å². The molecule has 0 amide bonds. The minimum absolute atomic E-state index is 0.0399. The Hall–Kier alpha value is -3.70. The second-order valence-corrected chi connectivity index (χ2v) is 8.15. The number of hydrogen-bond donors (Lipinski definition) is 0. The van der Waals surface area contributed by atoms with E-state index in [0.717, 1.165) is 30.9 Å². The average Bonchev–Trinajstić information content (AvgIpc) is 3.15. The Labute approximate surface area is 192 Å². The maximum Gasteiger partial charge on any atom is 0.263 e. The third-order valence-electron chi connectivity index (χ3n) is 6.41. The van der Waals surface area contributed by atoms with Crippen molar-refractivity contribution in [1.82, 2.24) is 9.47 Å². The van der Waals surface area contributed by atoms with Crippen molar-refractivity contribution in [3.05, 3.63) is 94.3 Å². The Morgan fingerprint density at radius 3 is 2.12 bits per heavy atom. The van der Waals surface area contributed by atoms with Crippen molar-refractivity contribution >= 4 is 16.6 Å². The molecule has 0 radical (unpaired) electrons. The predicted octanol–water partition coefficient (Wildman–Crippen LogP) is 4.92. The zero-order chi connectivity index (χ0) is 22.9. The topological polar surface area (TPSA) is 51.5 Å². The molecule has 166 valence electrons. The lowest BCUT2D eigenvalue weighted by Gasteiger charge is -2.18. The second kappa shape index (κ2) is 8.68. The monoisotopic (exact) mass is 438 g/mol. The third-order valence-corrected chi connectivity index (χ3v) is 6.41. The highest BCUT2D eigenvalue weighted by molar-refractivity contribution is 6.26. The van der Waals surface area contributed by atoms with Gasteiger partial charge < -0.3 is 9.64 Å². The number of hydrogen-bond acceptors (Lipinski definition) is 4. The number of ether oxygens (including phenoxy) is 1. The summed E-state index contributed by atoms with van der Waals surface area (Å²) in [5.41, 5.74) is 3.25. The quantitative estimate of drug-likeness (QED) is 0.362. The lowest BCUT2D eigenvalue weighted by atomic mass is 10.0. The fraction of sp³-hybridized carbons (Fsp3) is 0.214. The standard InChI is InChI=1S/C28H26N2O3/c1-3-29(4-2)17-18-33-20-15-13-19(14-16-20)30-26-22-10-6-7-11-23(22)27(31)25(26)21-9-5-8-12-24(21)28(30)32/h5-16H,3-4,17-18H2,1-2H3. The molecule has 0 saturated carbocycles. The highest BCUT2D eigenvalue weighted by atomic mass is 16.5. The fourth-order valence-corrected chi connectivity index (χ4v) is 4.63. The summed E-state index contributed by atoms with van der Waals surface area (Å²) in [6.07, 6.45) is 0. The van der Waals surface area contributed by atoms with Gasteiger partial charge in [0.1, 0.15) is 12.4 Å². The number of nitrogens with zero attached hydrogens (tertiary/aromatic N) is 2. The molecule has 0 spiro atoms. The van der Waals surface area contributed by atoms with Gasteiger partial charge in [-0.05, 0) is 43.4 Å². The average molecular weight is 439 g/mol. The van der Waals surface area contributed by atoms with Gasteiger partial charge in [-0.15, -0.1) is 0 Å². The molecular weight excluding hydrogens is 412 g/mol. The van der Waals surface area contributed by atoms with Gasteiger partial charge in [-0.1, -0.05) is 56.3 Å². The van der Waals surface area contributed by atoms with Gasteiger partial charge in [0, 0.05) is 34.1 Å². The van der Waals surface area contributed by atoms with E-state index in [4.69, 9.17) is 4.74 Å². The van der Waals surface area contributed by atoms with E-state index in [1.54, 1.807) is 10.6 Å². The predicted molar refractivity (Wildman–Crippen MR) is 132 cm³/mol. The molecule has 1 aliphatic carbocycles. The van der Waals surface area contributed by atoms with Crippen LogP contribution in [0.2, 0.25) is 0 Å². The van der Waals surface area contributed by atoms with E-state index in [9.17, 15) is 9.59 Å². The van der Waals surface area contributed by atoms with Gasteiger partial charge in [0.25, 0.3) is 5.56 Å². The van der Waals surface area contributed by atoms with Gasteiger partial charge in [-0.25, -0.2) is 0 Å². The fourth-order valence-electron chi connectivity index (χ4n) is 4.63. The summed E-state index contributed by atoms with van der Waals surface area (Å²) in [5, 5.41) is 1.24. The zero-order valence-electron chi connectivity index (χ0n) is 18.9. The van der Waals surface area contributed by atoms with E-state index in [-0.39, 0.29) is 11.3 Å². The summed E-state index contributed by atoms with van der Waals surface area (Å²) < 4.78 is 7.58. The molecule has 0 fully saturated rings. The van der Waals surface area contributed by atoms with E-state index >= 15 is 0 Å². The number of carbonyl (C=O) groups excluding carboxylic acids is 1. The van der Waals surface area contributed by atoms with Crippen molar-refractivity contribution in [2.24, 2.45) is 0 Å². The van der Waals surface area contributed by atoms with Crippen LogP contribution in [0.25, 0.3) is 27.7 Å². The largest absolute Gasteiger partial charge is 0.492 e. The molecule has 1 heterocycles. The molecule has 0 bridgehead atoms. The minimum Gasteiger partial charge on any atom is -0.492 e. The molecule has 3 aromatic carbocycles. The Kier molecular flexibility index (Phi) is 5.56. The number of carbonyl (C=O) groups is 1. The summed E-state index contributed by atoms with van der Waals surface area (Å²) in [6.45, 7) is 7.74. The molecule has 0 saturated heterocycles. The lowest BCUT2D eigenvalue weighted by Crippen LogP contribution is -2.27. The molecule has 0 atom stereocenters. The number of pyridine rings is 1. The van der Waals surface area contributed by atoms with Crippen LogP contribution in [0.15, 0.2) is 77.6 Å². The van der Waals surface area contributed by atoms with E-state index in [1.807, 2.05) is 66.7 Å². The van der Waals surface area contributed by atoms with Crippen molar-refractivity contribution < 1.29 is 9.53 Å². The number of likely N-dealkylation sites (N-methyl/N-ethyl adjacent to an activating group) is 1. The van der Waals surface area contributed by atoms with Crippen LogP contribution in [0.3, 0.4) is 0 Å². The molecule has 33 heavy (non-hydrogen) atoms. The van der Waals surface area contributed by atoms with E-state index < -0.39 is 0 Å². The van der Waals surface area contributed by atoms with Crippen LogP contribution in [-0.4, -0.2) is 41.5 Å². The molecule has 1 aromatic heterocycles. The van der Waals surface area contributed by atoms with Crippen LogP contribution in [0.4, 0.5) is 0 Å². The Bertz CT molecular complexity index is 1400. The molecule has 1 aliphatic rings. The molecular formula is C28H26N2O3. The normalized spacial score (nSPS) is 12.3. The van der Waals surface area contributed by atoms with Gasteiger partial charge in [0.15, 0.2) is 5.78 Å². The van der Waals surface area contributed by atoms with Crippen molar-refractivity contribution in [2.45, 2.75) is 13.8 Å². The number of benzene rings is 3. The SMILES string of the molecule is CCN(CC)CCOc1ccc(-n2c3c(c4ccccc4c2=O)C(=O)c2ccccc2-3)cc1. The summed E-state index contributed by atoms with van der Waals surface area (Å²) in [6, 6.07) is 22.4. The van der Waals surface area contributed by atoms with Crippen molar-refractivity contribution in [1.29, 1.82) is 0 Å². The molecule has 5 rings (SSSR count). The molecule has 4 aromatic rings. The number of aromatic nitrogens is 1. The Morgan fingerprint density at radius 1 is 0.788 bits per heavy atom. The van der Waals surface area contributed by atoms with Crippen LogP contribution in [0, 0.1) is 0 Å². The second-order valence-electron chi connectivity index (χ2n) is 8.15. The van der Waals surface area contributed by atoms with Crippen LogP contribution in [0.5, 0.6) is 5.75 Å². The number of ketones is 1. The van der Waals surface area contributed by atoms with Crippen LogP contribution < -0.4 is 10.3 Å². The molecule has 5 nitrogen and oxygen atoms in total.